The van der Waals surface area contributed by atoms with Gasteiger partial charge >= 0.3 is 0 Å². The van der Waals surface area contributed by atoms with E-state index in [1.54, 1.807) is 12.1 Å². The zero-order valence-electron chi connectivity index (χ0n) is 14.1. The van der Waals surface area contributed by atoms with Gasteiger partial charge in [-0.05, 0) is 62.4 Å². The van der Waals surface area contributed by atoms with Crippen molar-refractivity contribution in [2.75, 3.05) is 25.0 Å². The van der Waals surface area contributed by atoms with Gasteiger partial charge in [-0.1, -0.05) is 13.0 Å². The van der Waals surface area contributed by atoms with E-state index >= 15 is 0 Å². The standard InChI is InChI=1S/C18H25N3O2.ClH/c1-2-8-20-16(22)13-4-3-5-14(11-13)21-17(23)15-12-18(15)6-9-19-10-7-18;/h3-5,11,15,19H,2,6-10,12H2,1H3,(H,20,22)(H,21,23);1H. The third-order valence-corrected chi connectivity index (χ3v) is 5.03. The van der Waals surface area contributed by atoms with E-state index in [9.17, 15) is 9.59 Å². The molecule has 6 heteroatoms. The minimum absolute atomic E-state index is 0. The molecule has 2 amide bonds. The van der Waals surface area contributed by atoms with Gasteiger partial charge in [0, 0.05) is 23.7 Å². The predicted molar refractivity (Wildman–Crippen MR) is 97.6 cm³/mol. The normalized spacial score (nSPS) is 20.8. The van der Waals surface area contributed by atoms with E-state index in [0.29, 0.717) is 17.8 Å². The van der Waals surface area contributed by atoms with E-state index in [1.807, 2.05) is 19.1 Å². The van der Waals surface area contributed by atoms with Crippen molar-refractivity contribution in [2.24, 2.45) is 11.3 Å². The Hall–Kier alpha value is -1.59. The van der Waals surface area contributed by atoms with Crippen molar-refractivity contribution in [1.82, 2.24) is 10.6 Å². The number of anilines is 1. The van der Waals surface area contributed by atoms with Gasteiger partial charge in [-0.2, -0.15) is 0 Å². The largest absolute Gasteiger partial charge is 0.352 e. The molecule has 1 atom stereocenters. The molecule has 2 aliphatic rings. The SMILES string of the molecule is CCCNC(=O)c1cccc(NC(=O)C2CC23CCNCC3)c1.Cl. The average Bonchev–Trinajstić information content (AvgIpc) is 3.26. The summed E-state index contributed by atoms with van der Waals surface area (Å²) < 4.78 is 0. The van der Waals surface area contributed by atoms with E-state index < -0.39 is 0 Å². The summed E-state index contributed by atoms with van der Waals surface area (Å²) in [5.41, 5.74) is 1.52. The maximum Gasteiger partial charge on any atom is 0.251 e. The lowest BCUT2D eigenvalue weighted by molar-refractivity contribution is -0.118. The highest BCUT2D eigenvalue weighted by Crippen LogP contribution is 2.58. The summed E-state index contributed by atoms with van der Waals surface area (Å²) in [6.45, 7) is 4.70. The van der Waals surface area contributed by atoms with Crippen molar-refractivity contribution in [1.29, 1.82) is 0 Å². The molecule has 1 heterocycles. The first kappa shape index (κ1) is 18.7. The van der Waals surface area contributed by atoms with Gasteiger partial charge in [-0.3, -0.25) is 9.59 Å². The third kappa shape index (κ3) is 4.08. The molecule has 1 spiro atoms. The van der Waals surface area contributed by atoms with Crippen LogP contribution in [0.5, 0.6) is 0 Å². The Morgan fingerprint density at radius 1 is 1.29 bits per heavy atom. The van der Waals surface area contributed by atoms with Crippen LogP contribution in [0.15, 0.2) is 24.3 Å². The first-order chi connectivity index (χ1) is 11.1. The van der Waals surface area contributed by atoms with Gasteiger partial charge in [0.25, 0.3) is 5.91 Å². The second kappa shape index (κ2) is 7.99. The van der Waals surface area contributed by atoms with Crippen molar-refractivity contribution in [2.45, 2.75) is 32.6 Å². The number of halogens is 1. The van der Waals surface area contributed by atoms with E-state index in [4.69, 9.17) is 0 Å². The summed E-state index contributed by atoms with van der Waals surface area (Å²) in [7, 11) is 0. The smallest absolute Gasteiger partial charge is 0.251 e. The highest BCUT2D eigenvalue weighted by Gasteiger charge is 2.57. The zero-order valence-corrected chi connectivity index (χ0v) is 14.9. The van der Waals surface area contributed by atoms with Crippen LogP contribution >= 0.6 is 12.4 Å². The fraction of sp³-hybridized carbons (Fsp3) is 0.556. The van der Waals surface area contributed by atoms with Gasteiger partial charge in [0.1, 0.15) is 0 Å². The van der Waals surface area contributed by atoms with Crippen LogP contribution in [-0.2, 0) is 4.79 Å². The lowest BCUT2D eigenvalue weighted by atomic mass is 9.92. The Morgan fingerprint density at radius 3 is 2.75 bits per heavy atom. The maximum atomic E-state index is 12.5. The predicted octanol–water partition coefficient (Wildman–Crippen LogP) is 2.58. The number of nitrogens with one attached hydrogen (secondary N) is 3. The summed E-state index contributed by atoms with van der Waals surface area (Å²) in [6, 6.07) is 7.17. The van der Waals surface area contributed by atoms with Gasteiger partial charge < -0.3 is 16.0 Å². The minimum atomic E-state index is -0.0933. The molecule has 1 unspecified atom stereocenters. The van der Waals surface area contributed by atoms with Crippen LogP contribution in [0.3, 0.4) is 0 Å². The Kier molecular flexibility index (Phi) is 6.24. The van der Waals surface area contributed by atoms with Crippen molar-refractivity contribution >= 4 is 29.9 Å². The molecule has 132 valence electrons. The Balaban J connectivity index is 0.00000208. The van der Waals surface area contributed by atoms with Crippen LogP contribution in [0, 0.1) is 11.3 Å². The van der Waals surface area contributed by atoms with Crippen LogP contribution in [0.2, 0.25) is 0 Å². The maximum absolute atomic E-state index is 12.5. The number of carbonyl (C=O) groups excluding carboxylic acids is 2. The highest BCUT2D eigenvalue weighted by atomic mass is 35.5. The van der Waals surface area contributed by atoms with Crippen molar-refractivity contribution in [3.8, 4) is 0 Å². The number of piperidine rings is 1. The Morgan fingerprint density at radius 2 is 2.04 bits per heavy atom. The van der Waals surface area contributed by atoms with E-state index in [2.05, 4.69) is 16.0 Å². The molecule has 0 aromatic heterocycles. The average molecular weight is 352 g/mol. The number of benzene rings is 1. The molecule has 1 saturated heterocycles. The molecule has 1 aromatic carbocycles. The van der Waals surface area contributed by atoms with Gasteiger partial charge in [0.2, 0.25) is 5.91 Å². The molecule has 3 N–H and O–H groups in total. The van der Waals surface area contributed by atoms with Crippen molar-refractivity contribution in [3.05, 3.63) is 29.8 Å². The summed E-state index contributed by atoms with van der Waals surface area (Å²) >= 11 is 0. The van der Waals surface area contributed by atoms with Crippen LogP contribution in [0.25, 0.3) is 0 Å². The van der Waals surface area contributed by atoms with Gasteiger partial charge in [-0.15, -0.1) is 12.4 Å². The molecule has 1 aliphatic carbocycles. The van der Waals surface area contributed by atoms with Crippen LogP contribution < -0.4 is 16.0 Å². The van der Waals surface area contributed by atoms with Crippen LogP contribution in [0.1, 0.15) is 43.0 Å². The van der Waals surface area contributed by atoms with Gasteiger partial charge in [0.15, 0.2) is 0 Å². The lowest BCUT2D eigenvalue weighted by Gasteiger charge is -2.23. The first-order valence-electron chi connectivity index (χ1n) is 8.54. The van der Waals surface area contributed by atoms with Crippen molar-refractivity contribution < 1.29 is 9.59 Å². The fourth-order valence-electron chi connectivity index (χ4n) is 3.50. The van der Waals surface area contributed by atoms with E-state index in [-0.39, 0.29) is 35.6 Å². The Labute approximate surface area is 149 Å². The monoisotopic (exact) mass is 351 g/mol. The molecule has 2 fully saturated rings. The summed E-state index contributed by atoms with van der Waals surface area (Å²) in [5.74, 6) is 0.129. The van der Waals surface area contributed by atoms with Crippen molar-refractivity contribution in [3.63, 3.8) is 0 Å². The number of carbonyl (C=O) groups is 2. The molecule has 1 saturated carbocycles. The molecule has 0 bridgehead atoms. The minimum Gasteiger partial charge on any atom is -0.352 e. The molecule has 3 rings (SSSR count). The van der Waals surface area contributed by atoms with E-state index in [0.717, 1.165) is 38.8 Å². The number of hydrogen-bond donors (Lipinski definition) is 3. The van der Waals surface area contributed by atoms with Crippen LogP contribution in [0.4, 0.5) is 5.69 Å². The third-order valence-electron chi connectivity index (χ3n) is 5.03. The first-order valence-corrected chi connectivity index (χ1v) is 8.54. The molecular formula is C18H26ClN3O2. The lowest BCUT2D eigenvalue weighted by Crippen LogP contribution is -2.31. The van der Waals surface area contributed by atoms with Gasteiger partial charge in [0.05, 0.1) is 0 Å². The molecule has 1 aliphatic heterocycles. The number of hydrogen-bond acceptors (Lipinski definition) is 3. The molecule has 24 heavy (non-hydrogen) atoms. The fourth-order valence-corrected chi connectivity index (χ4v) is 3.50. The summed E-state index contributed by atoms with van der Waals surface area (Å²) in [5, 5.41) is 9.19. The summed E-state index contributed by atoms with van der Waals surface area (Å²) in [4.78, 5) is 24.5. The quantitative estimate of drug-likeness (QED) is 0.763. The van der Waals surface area contributed by atoms with Crippen LogP contribution in [-0.4, -0.2) is 31.4 Å². The highest BCUT2D eigenvalue weighted by molar-refractivity contribution is 5.98. The molecule has 1 aromatic rings. The zero-order chi connectivity index (χ0) is 16.3. The number of rotatable bonds is 5. The molecule has 0 radical (unpaired) electrons. The second-order valence-corrected chi connectivity index (χ2v) is 6.70. The topological polar surface area (TPSA) is 70.2 Å². The Bertz CT molecular complexity index is 600. The molecule has 5 nitrogen and oxygen atoms in total. The summed E-state index contributed by atoms with van der Waals surface area (Å²) in [6.07, 6.45) is 4.08. The second-order valence-electron chi connectivity index (χ2n) is 6.70. The number of amides is 2. The van der Waals surface area contributed by atoms with E-state index in [1.165, 1.54) is 0 Å². The van der Waals surface area contributed by atoms with Gasteiger partial charge in [-0.25, -0.2) is 0 Å². The molecular weight excluding hydrogens is 326 g/mol.